The van der Waals surface area contributed by atoms with Crippen LogP contribution in [0.2, 0.25) is 0 Å². The maximum absolute atomic E-state index is 12.2. The summed E-state index contributed by atoms with van der Waals surface area (Å²) in [6.45, 7) is 1.92. The minimum absolute atomic E-state index is 0.0959. The fourth-order valence-corrected chi connectivity index (χ4v) is 2.74. The first-order valence-electron chi connectivity index (χ1n) is 6.68. The van der Waals surface area contributed by atoms with Gasteiger partial charge in [0.25, 0.3) is 5.91 Å². The minimum Gasteiger partial charge on any atom is -0.459 e. The van der Waals surface area contributed by atoms with Crippen molar-refractivity contribution in [1.29, 1.82) is 0 Å². The van der Waals surface area contributed by atoms with Crippen molar-refractivity contribution in [3.05, 3.63) is 69.5 Å². The zero-order valence-corrected chi connectivity index (χ0v) is 13.6. The molecule has 0 aliphatic carbocycles. The third kappa shape index (κ3) is 3.10. The van der Waals surface area contributed by atoms with E-state index in [1.165, 1.54) is 0 Å². The standard InChI is InChI=1S/C17H14INO2/c1-11(16-10-12-5-2-3-8-15(12)21-16)19-17(20)13-6-4-7-14(18)9-13/h2-11H,1H3,(H,19,20). The first-order valence-corrected chi connectivity index (χ1v) is 7.76. The topological polar surface area (TPSA) is 42.2 Å². The molecule has 0 aliphatic rings. The van der Waals surface area contributed by atoms with E-state index in [-0.39, 0.29) is 11.9 Å². The Hall–Kier alpha value is -1.82. The van der Waals surface area contributed by atoms with Crippen LogP contribution in [0.4, 0.5) is 0 Å². The minimum atomic E-state index is -0.178. The second kappa shape index (κ2) is 5.89. The lowest BCUT2D eigenvalue weighted by Gasteiger charge is -2.11. The van der Waals surface area contributed by atoms with Gasteiger partial charge >= 0.3 is 0 Å². The van der Waals surface area contributed by atoms with E-state index < -0.39 is 0 Å². The van der Waals surface area contributed by atoms with Crippen LogP contribution in [0, 0.1) is 3.57 Å². The summed E-state index contributed by atoms with van der Waals surface area (Å²) >= 11 is 2.19. The maximum atomic E-state index is 12.2. The Bertz CT molecular complexity index is 761. The van der Waals surface area contributed by atoms with E-state index >= 15 is 0 Å². The van der Waals surface area contributed by atoms with Crippen LogP contribution in [0.3, 0.4) is 0 Å². The highest BCUT2D eigenvalue weighted by molar-refractivity contribution is 14.1. The molecule has 1 N–H and O–H groups in total. The lowest BCUT2D eigenvalue weighted by Crippen LogP contribution is -2.26. The van der Waals surface area contributed by atoms with Crippen molar-refractivity contribution in [2.24, 2.45) is 0 Å². The number of halogens is 1. The summed E-state index contributed by atoms with van der Waals surface area (Å²) in [6.07, 6.45) is 0. The maximum Gasteiger partial charge on any atom is 0.251 e. The number of nitrogens with one attached hydrogen (secondary N) is 1. The molecule has 0 fully saturated rings. The van der Waals surface area contributed by atoms with Crippen molar-refractivity contribution in [2.45, 2.75) is 13.0 Å². The van der Waals surface area contributed by atoms with Gasteiger partial charge in [-0.05, 0) is 59.8 Å². The molecule has 0 aliphatic heterocycles. The van der Waals surface area contributed by atoms with Crippen LogP contribution in [0.15, 0.2) is 59.0 Å². The van der Waals surface area contributed by atoms with Crippen molar-refractivity contribution in [3.8, 4) is 0 Å². The predicted molar refractivity (Wildman–Crippen MR) is 91.3 cm³/mol. The number of fused-ring (bicyclic) bond motifs is 1. The summed E-state index contributed by atoms with van der Waals surface area (Å²) < 4.78 is 6.81. The Morgan fingerprint density at radius 3 is 2.71 bits per heavy atom. The summed E-state index contributed by atoms with van der Waals surface area (Å²) in [4.78, 5) is 12.2. The van der Waals surface area contributed by atoms with Crippen LogP contribution in [-0.4, -0.2) is 5.91 Å². The van der Waals surface area contributed by atoms with Crippen molar-refractivity contribution < 1.29 is 9.21 Å². The largest absolute Gasteiger partial charge is 0.459 e. The van der Waals surface area contributed by atoms with Crippen LogP contribution in [0.25, 0.3) is 11.0 Å². The summed E-state index contributed by atoms with van der Waals surface area (Å²) in [5.41, 5.74) is 1.49. The molecular weight excluding hydrogens is 377 g/mol. The van der Waals surface area contributed by atoms with E-state index in [1.807, 2.05) is 61.5 Å². The predicted octanol–water partition coefficient (Wildman–Crippen LogP) is 4.53. The van der Waals surface area contributed by atoms with E-state index in [2.05, 4.69) is 27.9 Å². The zero-order chi connectivity index (χ0) is 14.8. The Balaban J connectivity index is 1.79. The highest BCUT2D eigenvalue weighted by Gasteiger charge is 2.15. The van der Waals surface area contributed by atoms with Gasteiger partial charge in [0.2, 0.25) is 0 Å². The van der Waals surface area contributed by atoms with Crippen molar-refractivity contribution >= 4 is 39.5 Å². The summed E-state index contributed by atoms with van der Waals surface area (Å²) in [5.74, 6) is 0.664. The summed E-state index contributed by atoms with van der Waals surface area (Å²) in [6, 6.07) is 17.1. The molecule has 21 heavy (non-hydrogen) atoms. The lowest BCUT2D eigenvalue weighted by molar-refractivity contribution is 0.0935. The first-order chi connectivity index (χ1) is 10.1. The number of hydrogen-bond donors (Lipinski definition) is 1. The Kier molecular flexibility index (Phi) is 3.96. The van der Waals surface area contributed by atoms with Crippen molar-refractivity contribution in [3.63, 3.8) is 0 Å². The van der Waals surface area contributed by atoms with Gasteiger partial charge in [-0.15, -0.1) is 0 Å². The Morgan fingerprint density at radius 1 is 1.14 bits per heavy atom. The second-order valence-corrected chi connectivity index (χ2v) is 6.14. The monoisotopic (exact) mass is 391 g/mol. The number of para-hydroxylation sites is 1. The third-order valence-electron chi connectivity index (χ3n) is 3.31. The molecule has 3 aromatic rings. The van der Waals surface area contributed by atoms with Crippen LogP contribution < -0.4 is 5.32 Å². The number of rotatable bonds is 3. The fourth-order valence-electron chi connectivity index (χ4n) is 2.20. The normalized spacial score (nSPS) is 12.3. The number of amides is 1. The van der Waals surface area contributed by atoms with Crippen molar-refractivity contribution in [1.82, 2.24) is 5.32 Å². The van der Waals surface area contributed by atoms with Gasteiger partial charge in [-0.25, -0.2) is 0 Å². The average Bonchev–Trinajstić information content (AvgIpc) is 2.91. The van der Waals surface area contributed by atoms with Crippen LogP contribution in [0.1, 0.15) is 29.1 Å². The molecule has 1 atom stereocenters. The lowest BCUT2D eigenvalue weighted by atomic mass is 10.2. The van der Waals surface area contributed by atoms with Gasteiger partial charge in [-0.3, -0.25) is 4.79 Å². The number of carbonyl (C=O) groups excluding carboxylic acids is 1. The molecule has 0 saturated heterocycles. The van der Waals surface area contributed by atoms with E-state index in [4.69, 9.17) is 4.42 Å². The first kappa shape index (κ1) is 14.1. The van der Waals surface area contributed by atoms with Gasteiger partial charge in [0, 0.05) is 14.5 Å². The van der Waals surface area contributed by atoms with Crippen LogP contribution >= 0.6 is 22.6 Å². The molecule has 0 radical (unpaired) electrons. The summed E-state index contributed by atoms with van der Waals surface area (Å²) in [7, 11) is 0. The quantitative estimate of drug-likeness (QED) is 0.667. The zero-order valence-electron chi connectivity index (χ0n) is 11.5. The molecule has 2 aromatic carbocycles. The van der Waals surface area contributed by atoms with Crippen molar-refractivity contribution in [2.75, 3.05) is 0 Å². The van der Waals surface area contributed by atoms with Gasteiger partial charge in [-0.1, -0.05) is 24.3 Å². The van der Waals surface area contributed by atoms with Gasteiger partial charge < -0.3 is 9.73 Å². The molecule has 0 bridgehead atoms. The molecule has 1 unspecified atom stereocenters. The SMILES string of the molecule is CC(NC(=O)c1cccc(I)c1)c1cc2ccccc2o1. The molecule has 1 aromatic heterocycles. The summed E-state index contributed by atoms with van der Waals surface area (Å²) in [5, 5.41) is 4.01. The molecule has 106 valence electrons. The second-order valence-electron chi connectivity index (χ2n) is 4.89. The highest BCUT2D eigenvalue weighted by Crippen LogP contribution is 2.23. The number of benzene rings is 2. The van der Waals surface area contributed by atoms with E-state index in [1.54, 1.807) is 0 Å². The fraction of sp³-hybridized carbons (Fsp3) is 0.118. The molecule has 0 spiro atoms. The molecular formula is C17H14INO2. The van der Waals surface area contributed by atoms with Gasteiger partial charge in [0.15, 0.2) is 0 Å². The van der Waals surface area contributed by atoms with E-state index in [0.717, 1.165) is 20.3 Å². The Morgan fingerprint density at radius 2 is 1.95 bits per heavy atom. The van der Waals surface area contributed by atoms with E-state index in [0.29, 0.717) is 5.56 Å². The van der Waals surface area contributed by atoms with Crippen LogP contribution in [0.5, 0.6) is 0 Å². The van der Waals surface area contributed by atoms with Crippen LogP contribution in [-0.2, 0) is 0 Å². The number of carbonyl (C=O) groups is 1. The molecule has 4 heteroatoms. The van der Waals surface area contributed by atoms with Gasteiger partial charge in [0.1, 0.15) is 11.3 Å². The molecule has 1 heterocycles. The Labute approximate surface area is 136 Å². The van der Waals surface area contributed by atoms with Gasteiger partial charge in [0.05, 0.1) is 6.04 Å². The smallest absolute Gasteiger partial charge is 0.251 e. The molecule has 3 rings (SSSR count). The molecule has 0 saturated carbocycles. The molecule has 1 amide bonds. The van der Waals surface area contributed by atoms with E-state index in [9.17, 15) is 4.79 Å². The third-order valence-corrected chi connectivity index (χ3v) is 3.98. The molecule has 3 nitrogen and oxygen atoms in total. The average molecular weight is 391 g/mol. The highest BCUT2D eigenvalue weighted by atomic mass is 127. The van der Waals surface area contributed by atoms with Gasteiger partial charge in [-0.2, -0.15) is 0 Å². The number of furan rings is 1. The number of hydrogen-bond acceptors (Lipinski definition) is 2.